The number of piperazine rings is 1. The number of hydrogen-bond acceptors (Lipinski definition) is 9. The number of pyridine rings is 2. The van der Waals surface area contributed by atoms with Crippen molar-refractivity contribution in [2.75, 3.05) is 62.7 Å². The Morgan fingerprint density at radius 2 is 2.00 bits per heavy atom. The van der Waals surface area contributed by atoms with Gasteiger partial charge in [-0.2, -0.15) is 10.4 Å². The van der Waals surface area contributed by atoms with Crippen molar-refractivity contribution >= 4 is 16.9 Å². The molecule has 6 heterocycles. The molecule has 2 N–H and O–H groups in total. The summed E-state index contributed by atoms with van der Waals surface area (Å²) >= 11 is 0. The van der Waals surface area contributed by atoms with Crippen LogP contribution in [0.4, 0.5) is 15.8 Å². The van der Waals surface area contributed by atoms with Crippen LogP contribution in [0, 0.1) is 17.1 Å². The summed E-state index contributed by atoms with van der Waals surface area (Å²) in [6, 6.07) is 10.4. The largest absolute Gasteiger partial charge is 0.378 e. The molecule has 3 aromatic rings. The number of nitriles is 1. The van der Waals surface area contributed by atoms with Crippen molar-refractivity contribution in [2.24, 2.45) is 5.73 Å². The first kappa shape index (κ1) is 26.0. The molecule has 6 rings (SSSR count). The molecule has 0 radical (unpaired) electrons. The zero-order valence-electron chi connectivity index (χ0n) is 22.6. The fourth-order valence-corrected chi connectivity index (χ4v) is 6.50. The minimum absolute atomic E-state index is 0.0512. The third-order valence-corrected chi connectivity index (χ3v) is 8.64. The van der Waals surface area contributed by atoms with Crippen molar-refractivity contribution in [1.82, 2.24) is 24.4 Å². The molecule has 0 aromatic carbocycles. The molecule has 0 aliphatic carbocycles. The van der Waals surface area contributed by atoms with Crippen LogP contribution in [0.2, 0.25) is 0 Å². The number of anilines is 2. The van der Waals surface area contributed by atoms with E-state index in [4.69, 9.17) is 10.5 Å². The molecule has 3 aliphatic rings. The molecule has 11 heteroatoms. The number of fused-ring (bicyclic) bond motifs is 2. The summed E-state index contributed by atoms with van der Waals surface area (Å²) in [7, 11) is 1.66. The summed E-state index contributed by atoms with van der Waals surface area (Å²) < 4.78 is 22.3. The smallest absolute Gasteiger partial charge is 0.148 e. The molecule has 206 valence electrons. The quantitative estimate of drug-likeness (QED) is 0.525. The summed E-state index contributed by atoms with van der Waals surface area (Å²) in [5, 5.41) is 13.8. The van der Waals surface area contributed by atoms with E-state index in [-0.39, 0.29) is 18.0 Å². The van der Waals surface area contributed by atoms with Crippen LogP contribution in [-0.2, 0) is 11.3 Å². The molecule has 3 saturated heterocycles. The van der Waals surface area contributed by atoms with Crippen molar-refractivity contribution in [3.63, 3.8) is 0 Å². The summed E-state index contributed by atoms with van der Waals surface area (Å²) in [6.07, 6.45) is 4.46. The molecule has 3 aromatic heterocycles. The zero-order valence-corrected chi connectivity index (χ0v) is 22.6. The van der Waals surface area contributed by atoms with Crippen LogP contribution in [-0.4, -0.2) is 102 Å². The van der Waals surface area contributed by atoms with Crippen molar-refractivity contribution in [1.29, 1.82) is 5.26 Å². The third-order valence-electron chi connectivity index (χ3n) is 8.64. The summed E-state index contributed by atoms with van der Waals surface area (Å²) in [4.78, 5) is 13.9. The molecule has 4 atom stereocenters. The number of ether oxygens (including phenoxy) is 1. The van der Waals surface area contributed by atoms with Gasteiger partial charge in [-0.15, -0.1) is 0 Å². The predicted molar refractivity (Wildman–Crippen MR) is 147 cm³/mol. The molecule has 0 unspecified atom stereocenters. The lowest BCUT2D eigenvalue weighted by atomic mass is 10.0. The molecule has 0 bridgehead atoms. The van der Waals surface area contributed by atoms with Gasteiger partial charge in [0.15, 0.2) is 0 Å². The van der Waals surface area contributed by atoms with Gasteiger partial charge in [0.05, 0.1) is 47.1 Å². The van der Waals surface area contributed by atoms with Crippen LogP contribution < -0.4 is 15.5 Å². The fraction of sp³-hybridized carbons (Fsp3) is 0.536. The van der Waals surface area contributed by atoms with Gasteiger partial charge >= 0.3 is 0 Å². The van der Waals surface area contributed by atoms with E-state index in [1.54, 1.807) is 30.1 Å². The van der Waals surface area contributed by atoms with E-state index >= 15 is 4.39 Å². The molecule has 3 aliphatic heterocycles. The average Bonchev–Trinajstić information content (AvgIpc) is 3.52. The van der Waals surface area contributed by atoms with Gasteiger partial charge in [0.1, 0.15) is 17.6 Å². The average molecular weight is 534 g/mol. The number of halogens is 1. The normalized spacial score (nSPS) is 26.5. The number of hydrogen-bond donors (Lipinski definition) is 1. The van der Waals surface area contributed by atoms with E-state index in [0.29, 0.717) is 43.1 Å². The van der Waals surface area contributed by atoms with Crippen LogP contribution in [0.25, 0.3) is 5.52 Å². The highest BCUT2D eigenvalue weighted by Crippen LogP contribution is 2.30. The van der Waals surface area contributed by atoms with E-state index in [1.807, 2.05) is 23.1 Å². The Kier molecular flexibility index (Phi) is 7.12. The standard InChI is InChI=1S/C28H36FN9O/c1-19-14-36(26-4-3-20(12-30)38-27(26)5-7-33-38)15-21-6-8-34(9-10-37(19)21)17-25-23(29)11-22(13-32-25)35-16-24(31)28(18-35)39-2/h3-5,7,11,13,19,21,24,28H,6,8-10,14-18,31H2,1-2H3/t19-,21+,24-,28-/m1/s1. The van der Waals surface area contributed by atoms with Crippen LogP contribution in [0.1, 0.15) is 24.7 Å². The van der Waals surface area contributed by atoms with Crippen molar-refractivity contribution in [3.8, 4) is 6.07 Å². The Morgan fingerprint density at radius 1 is 1.13 bits per heavy atom. The zero-order chi connectivity index (χ0) is 27.1. The molecule has 0 saturated carbocycles. The van der Waals surface area contributed by atoms with Crippen molar-refractivity contribution in [2.45, 2.75) is 44.1 Å². The number of rotatable bonds is 5. The first-order valence-electron chi connectivity index (χ1n) is 13.7. The van der Waals surface area contributed by atoms with Crippen molar-refractivity contribution < 1.29 is 9.13 Å². The topological polar surface area (TPSA) is 102 Å². The van der Waals surface area contributed by atoms with Crippen LogP contribution in [0.15, 0.2) is 36.7 Å². The monoisotopic (exact) mass is 533 g/mol. The first-order chi connectivity index (χ1) is 18.9. The lowest BCUT2D eigenvalue weighted by Crippen LogP contribution is -2.58. The molecule has 10 nitrogen and oxygen atoms in total. The van der Waals surface area contributed by atoms with Crippen LogP contribution in [0.5, 0.6) is 0 Å². The SMILES string of the molecule is CO[C@@H]1CN(c2cnc(CN3CC[C@H]4CN(c5ccc(C#N)n6nccc56)C[C@@H](C)N4CC3)c(F)c2)C[C@H]1N. The second kappa shape index (κ2) is 10.7. The molecule has 0 spiro atoms. The van der Waals surface area contributed by atoms with Gasteiger partial charge in [-0.1, -0.05) is 0 Å². The summed E-state index contributed by atoms with van der Waals surface area (Å²) in [5.74, 6) is -0.269. The molecule has 3 fully saturated rings. The molecule has 39 heavy (non-hydrogen) atoms. The highest BCUT2D eigenvalue weighted by Gasteiger charge is 2.35. The van der Waals surface area contributed by atoms with Crippen LogP contribution >= 0.6 is 0 Å². The maximum Gasteiger partial charge on any atom is 0.148 e. The van der Waals surface area contributed by atoms with E-state index in [9.17, 15) is 5.26 Å². The number of aromatic nitrogens is 3. The van der Waals surface area contributed by atoms with E-state index < -0.39 is 0 Å². The number of methoxy groups -OCH3 is 1. The second-order valence-corrected chi connectivity index (χ2v) is 11.0. The molecular weight excluding hydrogens is 497 g/mol. The van der Waals surface area contributed by atoms with Gasteiger partial charge in [0.2, 0.25) is 0 Å². The third kappa shape index (κ3) is 4.94. The Balaban J connectivity index is 1.12. The van der Waals surface area contributed by atoms with E-state index in [0.717, 1.165) is 56.0 Å². The van der Waals surface area contributed by atoms with Gasteiger partial charge in [-0.05, 0) is 31.5 Å². The Hall–Kier alpha value is -3.30. The van der Waals surface area contributed by atoms with Gasteiger partial charge in [0, 0.05) is 77.6 Å². The van der Waals surface area contributed by atoms with Gasteiger partial charge in [-0.3, -0.25) is 14.8 Å². The van der Waals surface area contributed by atoms with E-state index in [1.165, 1.54) is 0 Å². The highest BCUT2D eigenvalue weighted by atomic mass is 19.1. The first-order valence-corrected chi connectivity index (χ1v) is 13.7. The Labute approximate surface area is 228 Å². The highest BCUT2D eigenvalue weighted by molar-refractivity contribution is 5.74. The lowest BCUT2D eigenvalue weighted by Gasteiger charge is -2.46. The maximum absolute atomic E-state index is 15.2. The Morgan fingerprint density at radius 3 is 2.77 bits per heavy atom. The van der Waals surface area contributed by atoms with Gasteiger partial charge in [0.25, 0.3) is 0 Å². The molecule has 0 amide bonds. The minimum Gasteiger partial charge on any atom is -0.378 e. The predicted octanol–water partition coefficient (Wildman–Crippen LogP) is 1.69. The van der Waals surface area contributed by atoms with Crippen molar-refractivity contribution in [3.05, 3.63) is 53.9 Å². The Bertz CT molecular complexity index is 1370. The van der Waals surface area contributed by atoms with Gasteiger partial charge < -0.3 is 20.3 Å². The summed E-state index contributed by atoms with van der Waals surface area (Å²) in [6.45, 7) is 8.58. The minimum atomic E-state index is -0.269. The maximum atomic E-state index is 15.2. The second-order valence-electron chi connectivity index (χ2n) is 11.0. The molecular formula is C28H36FN9O. The number of nitrogens with zero attached hydrogens (tertiary/aromatic N) is 8. The summed E-state index contributed by atoms with van der Waals surface area (Å²) in [5.41, 5.74) is 9.99. The lowest BCUT2D eigenvalue weighted by molar-refractivity contribution is 0.108. The fourth-order valence-electron chi connectivity index (χ4n) is 6.50. The number of nitrogens with two attached hydrogens (primary N) is 1. The van der Waals surface area contributed by atoms with Crippen LogP contribution in [0.3, 0.4) is 0 Å². The van der Waals surface area contributed by atoms with Gasteiger partial charge in [-0.25, -0.2) is 8.91 Å². The van der Waals surface area contributed by atoms with E-state index in [2.05, 4.69) is 37.8 Å².